The van der Waals surface area contributed by atoms with E-state index >= 15 is 0 Å². The fourth-order valence-corrected chi connectivity index (χ4v) is 1.61. The number of anilines is 1. The lowest BCUT2D eigenvalue weighted by Gasteiger charge is -2.10. The topological polar surface area (TPSA) is 75.6 Å². The van der Waals surface area contributed by atoms with Gasteiger partial charge in [0.1, 0.15) is 6.61 Å². The zero-order chi connectivity index (χ0) is 15.1. The van der Waals surface area contributed by atoms with E-state index in [9.17, 15) is 18.4 Å². The van der Waals surface area contributed by atoms with Crippen LogP contribution < -0.4 is 5.32 Å². The molecule has 0 bridgehead atoms. The number of ether oxygens (including phenoxy) is 1. The van der Waals surface area contributed by atoms with Gasteiger partial charge in [0.2, 0.25) is 5.91 Å². The summed E-state index contributed by atoms with van der Waals surface area (Å²) in [6, 6.07) is 4.70. The van der Waals surface area contributed by atoms with E-state index in [1.54, 1.807) is 19.1 Å². The number of alkyl halides is 2. The van der Waals surface area contributed by atoms with Gasteiger partial charge >= 0.3 is 5.97 Å². The van der Waals surface area contributed by atoms with Crippen molar-refractivity contribution in [3.05, 3.63) is 29.3 Å². The Labute approximate surface area is 114 Å². The van der Waals surface area contributed by atoms with Gasteiger partial charge in [0, 0.05) is 0 Å². The van der Waals surface area contributed by atoms with E-state index in [4.69, 9.17) is 5.11 Å². The van der Waals surface area contributed by atoms with Gasteiger partial charge in [0.15, 0.2) is 0 Å². The molecule has 0 spiro atoms. The van der Waals surface area contributed by atoms with E-state index < -0.39 is 24.9 Å². The maximum Gasteiger partial charge on any atom is 0.338 e. The third kappa shape index (κ3) is 4.93. The largest absolute Gasteiger partial charge is 0.478 e. The van der Waals surface area contributed by atoms with Crippen molar-refractivity contribution in [2.75, 3.05) is 18.5 Å². The van der Waals surface area contributed by atoms with Crippen LogP contribution in [0.25, 0.3) is 0 Å². The van der Waals surface area contributed by atoms with Crippen LogP contribution in [0.5, 0.6) is 0 Å². The summed E-state index contributed by atoms with van der Waals surface area (Å²) in [5, 5.41) is 11.5. The summed E-state index contributed by atoms with van der Waals surface area (Å²) in [4.78, 5) is 22.7. The predicted molar refractivity (Wildman–Crippen MR) is 68.2 cm³/mol. The highest BCUT2D eigenvalue weighted by Crippen LogP contribution is 2.19. The minimum atomic E-state index is -2.58. The zero-order valence-corrected chi connectivity index (χ0v) is 10.9. The number of aromatic carboxylic acids is 1. The van der Waals surface area contributed by atoms with Crippen LogP contribution in [0.3, 0.4) is 0 Å². The molecule has 1 aromatic rings. The van der Waals surface area contributed by atoms with Crippen molar-refractivity contribution >= 4 is 17.6 Å². The summed E-state index contributed by atoms with van der Waals surface area (Å²) in [7, 11) is 0. The molecular weight excluding hydrogens is 272 g/mol. The molecule has 1 aromatic carbocycles. The van der Waals surface area contributed by atoms with Crippen molar-refractivity contribution in [3.63, 3.8) is 0 Å². The van der Waals surface area contributed by atoms with Crippen LogP contribution in [0.4, 0.5) is 14.5 Å². The lowest BCUT2D eigenvalue weighted by molar-refractivity contribution is -0.117. The first-order chi connectivity index (χ1) is 9.41. The Kier molecular flexibility index (Phi) is 6.05. The Hall–Kier alpha value is -2.02. The molecule has 0 aliphatic carbocycles. The minimum Gasteiger partial charge on any atom is -0.478 e. The van der Waals surface area contributed by atoms with Gasteiger partial charge in [-0.2, -0.15) is 0 Å². The summed E-state index contributed by atoms with van der Waals surface area (Å²) in [6.07, 6.45) is -2.70. The average molecular weight is 287 g/mol. The number of nitrogens with one attached hydrogen (secondary N) is 1. The molecule has 0 unspecified atom stereocenters. The van der Waals surface area contributed by atoms with Crippen LogP contribution in [-0.4, -0.2) is 36.6 Å². The Morgan fingerprint density at radius 3 is 2.70 bits per heavy atom. The highest BCUT2D eigenvalue weighted by Gasteiger charge is 2.14. The average Bonchev–Trinajstić information content (AvgIpc) is 2.34. The first kappa shape index (κ1) is 16.0. The molecular formula is C13H15F2NO4. The lowest BCUT2D eigenvalue weighted by atomic mass is 10.1. The van der Waals surface area contributed by atoms with Crippen molar-refractivity contribution in [2.24, 2.45) is 0 Å². The molecule has 1 rings (SSSR count). The monoisotopic (exact) mass is 287 g/mol. The van der Waals surface area contributed by atoms with Crippen molar-refractivity contribution in [1.29, 1.82) is 0 Å². The Morgan fingerprint density at radius 1 is 1.40 bits per heavy atom. The second-order valence-electron chi connectivity index (χ2n) is 4.07. The summed E-state index contributed by atoms with van der Waals surface area (Å²) in [5.74, 6) is -1.64. The van der Waals surface area contributed by atoms with Gasteiger partial charge < -0.3 is 15.2 Å². The molecule has 0 saturated heterocycles. The van der Waals surface area contributed by atoms with Gasteiger partial charge in [-0.3, -0.25) is 4.79 Å². The van der Waals surface area contributed by atoms with Gasteiger partial charge in [0.05, 0.1) is 24.3 Å². The number of carbonyl (C=O) groups is 2. The molecule has 0 aliphatic heterocycles. The molecule has 2 N–H and O–H groups in total. The third-order valence-electron chi connectivity index (χ3n) is 2.48. The molecule has 0 atom stereocenters. The smallest absolute Gasteiger partial charge is 0.338 e. The van der Waals surface area contributed by atoms with Crippen LogP contribution >= 0.6 is 0 Å². The van der Waals surface area contributed by atoms with Crippen LogP contribution in [0.1, 0.15) is 22.3 Å². The standard InChI is InChI=1S/C13H15F2NO4/c1-8-3-2-4-9(12(8)13(18)19)16-11(17)5-6-20-7-10(14)15/h2-4,10H,5-7H2,1H3,(H,16,17)(H,18,19). The number of carboxylic acid groups (broad SMARTS) is 1. The summed E-state index contributed by atoms with van der Waals surface area (Å²) >= 11 is 0. The number of benzene rings is 1. The lowest BCUT2D eigenvalue weighted by Crippen LogP contribution is -2.18. The van der Waals surface area contributed by atoms with Crippen molar-refractivity contribution in [3.8, 4) is 0 Å². The number of amides is 1. The fraction of sp³-hybridized carbons (Fsp3) is 0.385. The van der Waals surface area contributed by atoms with Gasteiger partial charge in [-0.25, -0.2) is 13.6 Å². The van der Waals surface area contributed by atoms with Crippen LogP contribution in [0, 0.1) is 6.92 Å². The van der Waals surface area contributed by atoms with Crippen LogP contribution in [-0.2, 0) is 9.53 Å². The highest BCUT2D eigenvalue weighted by atomic mass is 19.3. The van der Waals surface area contributed by atoms with Gasteiger partial charge in [-0.1, -0.05) is 12.1 Å². The molecule has 5 nitrogen and oxygen atoms in total. The van der Waals surface area contributed by atoms with Crippen molar-refractivity contribution in [2.45, 2.75) is 19.8 Å². The first-order valence-electron chi connectivity index (χ1n) is 5.90. The van der Waals surface area contributed by atoms with E-state index in [0.717, 1.165) is 0 Å². The molecule has 0 aromatic heterocycles. The number of carboxylic acids is 1. The third-order valence-corrected chi connectivity index (χ3v) is 2.48. The molecule has 7 heteroatoms. The summed E-state index contributed by atoms with van der Waals surface area (Å²) < 4.78 is 28.2. The summed E-state index contributed by atoms with van der Waals surface area (Å²) in [5.41, 5.74) is 0.704. The first-order valence-corrected chi connectivity index (χ1v) is 5.90. The second kappa shape index (κ2) is 7.54. The molecule has 110 valence electrons. The normalized spacial score (nSPS) is 10.6. The zero-order valence-electron chi connectivity index (χ0n) is 10.9. The number of hydrogen-bond acceptors (Lipinski definition) is 3. The van der Waals surface area contributed by atoms with E-state index in [1.807, 2.05) is 0 Å². The number of halogens is 2. The van der Waals surface area contributed by atoms with E-state index in [1.165, 1.54) is 6.07 Å². The molecule has 0 heterocycles. The number of rotatable bonds is 7. The Balaban J connectivity index is 2.58. The number of hydrogen-bond donors (Lipinski definition) is 2. The van der Waals surface area contributed by atoms with Crippen LogP contribution in [0.15, 0.2) is 18.2 Å². The molecule has 0 aliphatic rings. The van der Waals surface area contributed by atoms with Crippen LogP contribution in [0.2, 0.25) is 0 Å². The number of aryl methyl sites for hydroxylation is 1. The second-order valence-corrected chi connectivity index (χ2v) is 4.07. The molecule has 0 fully saturated rings. The predicted octanol–water partition coefficient (Wildman–Crippen LogP) is 2.30. The SMILES string of the molecule is Cc1cccc(NC(=O)CCOCC(F)F)c1C(=O)O. The molecule has 0 radical (unpaired) electrons. The number of carbonyl (C=O) groups excluding carboxylic acids is 1. The van der Waals surface area contributed by atoms with E-state index in [2.05, 4.69) is 10.1 Å². The molecule has 20 heavy (non-hydrogen) atoms. The van der Waals surface area contributed by atoms with Gasteiger partial charge in [-0.05, 0) is 18.6 Å². The van der Waals surface area contributed by atoms with Gasteiger partial charge in [-0.15, -0.1) is 0 Å². The van der Waals surface area contributed by atoms with E-state index in [0.29, 0.717) is 5.56 Å². The molecule has 1 amide bonds. The summed E-state index contributed by atoms with van der Waals surface area (Å²) in [6.45, 7) is 0.743. The quantitative estimate of drug-likeness (QED) is 0.754. The minimum absolute atomic E-state index is 0.00866. The van der Waals surface area contributed by atoms with E-state index in [-0.39, 0.29) is 24.3 Å². The highest BCUT2D eigenvalue weighted by molar-refractivity contribution is 6.01. The Morgan fingerprint density at radius 2 is 2.10 bits per heavy atom. The van der Waals surface area contributed by atoms with Gasteiger partial charge in [0.25, 0.3) is 6.43 Å². The molecule has 0 saturated carbocycles. The Bertz CT molecular complexity index is 491. The fourth-order valence-electron chi connectivity index (χ4n) is 1.61. The maximum absolute atomic E-state index is 11.8. The van der Waals surface area contributed by atoms with Crippen molar-refractivity contribution in [1.82, 2.24) is 0 Å². The van der Waals surface area contributed by atoms with Crippen molar-refractivity contribution < 1.29 is 28.2 Å². The maximum atomic E-state index is 11.8.